The summed E-state index contributed by atoms with van der Waals surface area (Å²) in [6.07, 6.45) is 5.52. The van der Waals surface area contributed by atoms with Crippen molar-refractivity contribution in [2.75, 3.05) is 13.6 Å². The first kappa shape index (κ1) is 14.5. The number of sulfonamides is 1. The van der Waals surface area contributed by atoms with Crippen LogP contribution >= 0.6 is 0 Å². The number of hydrogen-bond donors (Lipinski definition) is 1. The Morgan fingerprint density at radius 1 is 1.53 bits per heavy atom. The quantitative estimate of drug-likeness (QED) is 0.800. The fourth-order valence-corrected chi connectivity index (χ4v) is 3.04. The molecule has 0 aliphatic heterocycles. The molecule has 1 aromatic heterocycles. The molecule has 1 saturated carbocycles. The standard InChI is InChI=1S/C12H22N4O2S/c1-10(2)15(3)19(17,18)12-8-14-16(9-12)7-6-13-11-4-5-11/h8-11,13H,4-7H2,1-3H3. The maximum Gasteiger partial charge on any atom is 0.246 e. The molecule has 1 fully saturated rings. The molecule has 0 atom stereocenters. The fourth-order valence-electron chi connectivity index (χ4n) is 1.71. The monoisotopic (exact) mass is 286 g/mol. The van der Waals surface area contributed by atoms with Crippen LogP contribution in [0.2, 0.25) is 0 Å². The van der Waals surface area contributed by atoms with Gasteiger partial charge in [-0.15, -0.1) is 0 Å². The Balaban J connectivity index is 1.98. The molecule has 1 aliphatic rings. The molecular formula is C12H22N4O2S. The van der Waals surface area contributed by atoms with E-state index in [4.69, 9.17) is 0 Å². The van der Waals surface area contributed by atoms with Crippen molar-refractivity contribution in [3.8, 4) is 0 Å². The van der Waals surface area contributed by atoms with Gasteiger partial charge in [0.2, 0.25) is 10.0 Å². The van der Waals surface area contributed by atoms with E-state index in [9.17, 15) is 8.42 Å². The fraction of sp³-hybridized carbons (Fsp3) is 0.750. The minimum absolute atomic E-state index is 0.0649. The zero-order valence-corrected chi connectivity index (χ0v) is 12.5. The third-order valence-corrected chi connectivity index (χ3v) is 5.35. The third kappa shape index (κ3) is 3.55. The van der Waals surface area contributed by atoms with Crippen LogP contribution < -0.4 is 5.32 Å². The van der Waals surface area contributed by atoms with Gasteiger partial charge in [-0.2, -0.15) is 9.40 Å². The molecule has 0 aromatic carbocycles. The SMILES string of the molecule is CC(C)N(C)S(=O)(=O)c1cnn(CCNC2CC2)c1. The molecule has 1 N–H and O–H groups in total. The van der Waals surface area contributed by atoms with Crippen molar-refractivity contribution in [2.24, 2.45) is 0 Å². The van der Waals surface area contributed by atoms with Gasteiger partial charge in [-0.1, -0.05) is 0 Å². The van der Waals surface area contributed by atoms with Gasteiger partial charge in [0.25, 0.3) is 0 Å². The van der Waals surface area contributed by atoms with E-state index in [1.54, 1.807) is 17.9 Å². The lowest BCUT2D eigenvalue weighted by Crippen LogP contribution is -2.32. The van der Waals surface area contributed by atoms with Crippen molar-refractivity contribution in [1.29, 1.82) is 0 Å². The average Bonchev–Trinajstić information content (AvgIpc) is 3.04. The summed E-state index contributed by atoms with van der Waals surface area (Å²) in [4.78, 5) is 0.259. The smallest absolute Gasteiger partial charge is 0.246 e. The highest BCUT2D eigenvalue weighted by Crippen LogP contribution is 2.18. The van der Waals surface area contributed by atoms with Crippen molar-refractivity contribution < 1.29 is 8.42 Å². The van der Waals surface area contributed by atoms with Gasteiger partial charge in [-0.3, -0.25) is 4.68 Å². The van der Waals surface area contributed by atoms with Crippen molar-refractivity contribution in [2.45, 2.75) is 50.2 Å². The number of nitrogens with one attached hydrogen (secondary N) is 1. The Morgan fingerprint density at radius 2 is 2.21 bits per heavy atom. The number of rotatable bonds is 7. The van der Waals surface area contributed by atoms with Gasteiger partial charge in [0.1, 0.15) is 4.90 Å². The minimum Gasteiger partial charge on any atom is -0.312 e. The van der Waals surface area contributed by atoms with E-state index in [-0.39, 0.29) is 10.9 Å². The molecule has 0 saturated heterocycles. The lowest BCUT2D eigenvalue weighted by molar-refractivity contribution is 0.410. The number of nitrogens with zero attached hydrogens (tertiary/aromatic N) is 3. The van der Waals surface area contributed by atoms with Gasteiger partial charge in [-0.05, 0) is 26.7 Å². The van der Waals surface area contributed by atoms with Crippen molar-refractivity contribution in [3.05, 3.63) is 12.4 Å². The van der Waals surface area contributed by atoms with E-state index >= 15 is 0 Å². The van der Waals surface area contributed by atoms with Crippen molar-refractivity contribution in [3.63, 3.8) is 0 Å². The lowest BCUT2D eigenvalue weighted by Gasteiger charge is -2.19. The Kier molecular flexibility index (Phi) is 4.27. The van der Waals surface area contributed by atoms with Crippen LogP contribution in [0.4, 0.5) is 0 Å². The first-order valence-electron chi connectivity index (χ1n) is 6.65. The van der Waals surface area contributed by atoms with Gasteiger partial charge in [-0.25, -0.2) is 8.42 Å². The second-order valence-electron chi connectivity index (χ2n) is 5.28. The molecule has 1 aliphatic carbocycles. The maximum absolute atomic E-state index is 12.2. The van der Waals surface area contributed by atoms with E-state index in [0.29, 0.717) is 12.6 Å². The summed E-state index contributed by atoms with van der Waals surface area (Å²) in [6, 6.07) is 0.593. The third-order valence-electron chi connectivity index (χ3n) is 3.37. The molecule has 0 radical (unpaired) electrons. The predicted octanol–water partition coefficient (Wildman–Crippen LogP) is 0.664. The Hall–Kier alpha value is -0.920. The van der Waals surface area contributed by atoms with Gasteiger partial charge in [0.05, 0.1) is 12.7 Å². The Labute approximate surface area is 114 Å². The number of aromatic nitrogens is 2. The van der Waals surface area contributed by atoms with Gasteiger partial charge < -0.3 is 5.32 Å². The molecule has 0 unspecified atom stereocenters. The van der Waals surface area contributed by atoms with Crippen LogP contribution in [0, 0.1) is 0 Å². The molecule has 0 amide bonds. The molecule has 108 valence electrons. The van der Waals surface area contributed by atoms with Crippen LogP contribution in [0.15, 0.2) is 17.3 Å². The minimum atomic E-state index is -3.42. The second kappa shape index (κ2) is 5.60. The van der Waals surface area contributed by atoms with E-state index < -0.39 is 10.0 Å². The summed E-state index contributed by atoms with van der Waals surface area (Å²) >= 11 is 0. The van der Waals surface area contributed by atoms with Crippen LogP contribution in [0.3, 0.4) is 0 Å². The molecule has 19 heavy (non-hydrogen) atoms. The summed E-state index contributed by atoms with van der Waals surface area (Å²) in [5, 5.41) is 7.49. The predicted molar refractivity (Wildman–Crippen MR) is 73.3 cm³/mol. The lowest BCUT2D eigenvalue weighted by atomic mass is 10.4. The second-order valence-corrected chi connectivity index (χ2v) is 7.28. The molecule has 0 spiro atoms. The summed E-state index contributed by atoms with van der Waals surface area (Å²) in [5.41, 5.74) is 0. The molecule has 1 heterocycles. The normalized spacial score (nSPS) is 16.5. The van der Waals surface area contributed by atoms with Crippen molar-refractivity contribution in [1.82, 2.24) is 19.4 Å². The summed E-state index contributed by atoms with van der Waals surface area (Å²) < 4.78 is 27.5. The first-order valence-corrected chi connectivity index (χ1v) is 8.09. The number of hydrogen-bond acceptors (Lipinski definition) is 4. The zero-order chi connectivity index (χ0) is 14.0. The van der Waals surface area contributed by atoms with Gasteiger partial charge in [0, 0.05) is 31.9 Å². The average molecular weight is 286 g/mol. The molecule has 7 heteroatoms. The van der Waals surface area contributed by atoms with E-state index in [1.807, 2.05) is 13.8 Å². The highest BCUT2D eigenvalue weighted by Gasteiger charge is 2.24. The zero-order valence-electron chi connectivity index (χ0n) is 11.7. The molecule has 0 bridgehead atoms. The highest BCUT2D eigenvalue weighted by molar-refractivity contribution is 7.89. The summed E-state index contributed by atoms with van der Waals surface area (Å²) in [5.74, 6) is 0. The molecule has 2 rings (SSSR count). The Morgan fingerprint density at radius 3 is 2.79 bits per heavy atom. The molecular weight excluding hydrogens is 264 g/mol. The first-order chi connectivity index (χ1) is 8.91. The highest BCUT2D eigenvalue weighted by atomic mass is 32.2. The van der Waals surface area contributed by atoms with E-state index in [1.165, 1.54) is 23.3 Å². The maximum atomic E-state index is 12.2. The summed E-state index contributed by atoms with van der Waals surface area (Å²) in [6.45, 7) is 5.21. The largest absolute Gasteiger partial charge is 0.312 e. The summed E-state index contributed by atoms with van der Waals surface area (Å²) in [7, 11) is -1.83. The molecule has 6 nitrogen and oxygen atoms in total. The van der Waals surface area contributed by atoms with Crippen molar-refractivity contribution >= 4 is 10.0 Å². The van der Waals surface area contributed by atoms with Gasteiger partial charge >= 0.3 is 0 Å². The van der Waals surface area contributed by atoms with E-state index in [2.05, 4.69) is 10.4 Å². The van der Waals surface area contributed by atoms with Crippen LogP contribution in [0.1, 0.15) is 26.7 Å². The van der Waals surface area contributed by atoms with Gasteiger partial charge in [0.15, 0.2) is 0 Å². The van der Waals surface area contributed by atoms with Crippen LogP contribution in [0.5, 0.6) is 0 Å². The van der Waals surface area contributed by atoms with Crippen LogP contribution in [-0.4, -0.2) is 48.2 Å². The van der Waals surface area contributed by atoms with E-state index in [0.717, 1.165) is 6.54 Å². The van der Waals surface area contributed by atoms with Crippen LogP contribution in [0.25, 0.3) is 0 Å². The van der Waals surface area contributed by atoms with Crippen LogP contribution in [-0.2, 0) is 16.6 Å². The molecule has 1 aromatic rings. The Bertz CT molecular complexity index is 520. The topological polar surface area (TPSA) is 67.2 Å².